The predicted molar refractivity (Wildman–Crippen MR) is 154 cm³/mol. The Morgan fingerprint density at radius 2 is 1.55 bits per heavy atom. The number of carbonyl (C=O) groups excluding carboxylic acids is 1. The Balaban J connectivity index is 1.14. The first kappa shape index (κ1) is 30.8. The highest BCUT2D eigenvalue weighted by molar-refractivity contribution is 5.87. The van der Waals surface area contributed by atoms with Gasteiger partial charge in [0.15, 0.2) is 0 Å². The lowest BCUT2D eigenvalue weighted by atomic mass is 9.61. The molecule has 42 heavy (non-hydrogen) atoms. The molecule has 4 atom stereocenters. The van der Waals surface area contributed by atoms with Gasteiger partial charge in [0, 0.05) is 11.3 Å². The van der Waals surface area contributed by atoms with Crippen LogP contribution in [0.1, 0.15) is 102 Å². The first-order chi connectivity index (χ1) is 20.1. The van der Waals surface area contributed by atoms with Crippen molar-refractivity contribution in [2.24, 2.45) is 35.5 Å². The quantitative estimate of drug-likeness (QED) is 0.106. The average Bonchev–Trinajstić information content (AvgIpc) is 2.96. The largest absolute Gasteiger partial charge is 0.458 e. The zero-order chi connectivity index (χ0) is 29.9. The van der Waals surface area contributed by atoms with Gasteiger partial charge in [-0.1, -0.05) is 51.4 Å². The summed E-state index contributed by atoms with van der Waals surface area (Å²) in [5.74, 6) is 3.55. The standard InChI is InChI=1S/C35H41F5O2/c1-2-3-4-5-22-6-8-23(9-7-22)24-10-11-26-19-27(13-12-25(26)18-24)34(41)42-29-14-15-30-28(20-29)21-32(36)31(33(30)37)16-17-35(38,39)40/h14-15,20-27H,2-13,18-19H2,1H3. The van der Waals surface area contributed by atoms with Crippen molar-refractivity contribution in [1.29, 1.82) is 0 Å². The van der Waals surface area contributed by atoms with Gasteiger partial charge in [-0.2, -0.15) is 13.2 Å². The summed E-state index contributed by atoms with van der Waals surface area (Å²) in [6.45, 7) is 2.27. The molecule has 4 unspecified atom stereocenters. The topological polar surface area (TPSA) is 26.3 Å². The average molecular weight is 589 g/mol. The van der Waals surface area contributed by atoms with E-state index in [9.17, 15) is 26.7 Å². The minimum Gasteiger partial charge on any atom is -0.426 e. The predicted octanol–water partition coefficient (Wildman–Crippen LogP) is 10.2. The van der Waals surface area contributed by atoms with E-state index in [4.69, 9.17) is 4.74 Å². The van der Waals surface area contributed by atoms with Crippen LogP contribution in [-0.4, -0.2) is 12.1 Å². The molecule has 3 fully saturated rings. The molecule has 7 heteroatoms. The lowest BCUT2D eigenvalue weighted by molar-refractivity contribution is -0.141. The van der Waals surface area contributed by atoms with Gasteiger partial charge in [0.05, 0.1) is 11.5 Å². The molecule has 0 bridgehead atoms. The highest BCUT2D eigenvalue weighted by atomic mass is 19.4. The lowest BCUT2D eigenvalue weighted by Gasteiger charge is -2.45. The summed E-state index contributed by atoms with van der Waals surface area (Å²) >= 11 is 0. The first-order valence-corrected chi connectivity index (χ1v) is 15.8. The van der Waals surface area contributed by atoms with E-state index in [0.29, 0.717) is 11.8 Å². The molecule has 2 aromatic rings. The van der Waals surface area contributed by atoms with Crippen molar-refractivity contribution in [1.82, 2.24) is 0 Å². The van der Waals surface area contributed by atoms with Crippen LogP contribution in [0.4, 0.5) is 22.0 Å². The number of ether oxygens (including phenoxy) is 1. The summed E-state index contributed by atoms with van der Waals surface area (Å²) in [5, 5.41) is -0.00481. The number of unbranched alkanes of at least 4 members (excludes halogenated alkanes) is 2. The third-order valence-corrected chi connectivity index (χ3v) is 10.3. The smallest absolute Gasteiger partial charge is 0.426 e. The Kier molecular flexibility index (Phi) is 9.80. The number of carbonyl (C=O) groups is 1. The molecule has 0 radical (unpaired) electrons. The molecular weight excluding hydrogens is 547 g/mol. The van der Waals surface area contributed by atoms with Crippen molar-refractivity contribution in [2.75, 3.05) is 0 Å². The van der Waals surface area contributed by atoms with Gasteiger partial charge >= 0.3 is 12.1 Å². The molecule has 0 amide bonds. The van der Waals surface area contributed by atoms with E-state index in [-0.39, 0.29) is 28.4 Å². The number of benzene rings is 2. The van der Waals surface area contributed by atoms with Crippen LogP contribution in [0.3, 0.4) is 0 Å². The van der Waals surface area contributed by atoms with Crippen LogP contribution in [0.5, 0.6) is 5.75 Å². The number of rotatable bonds is 7. The summed E-state index contributed by atoms with van der Waals surface area (Å²) < 4.78 is 72.1. The number of alkyl halides is 3. The fourth-order valence-electron chi connectivity index (χ4n) is 8.02. The van der Waals surface area contributed by atoms with Crippen LogP contribution in [0.15, 0.2) is 24.3 Å². The number of halogens is 5. The third-order valence-electron chi connectivity index (χ3n) is 10.3. The summed E-state index contributed by atoms with van der Waals surface area (Å²) in [5.41, 5.74) is -0.939. The van der Waals surface area contributed by atoms with E-state index in [1.54, 1.807) is 5.92 Å². The molecule has 0 N–H and O–H groups in total. The zero-order valence-corrected chi connectivity index (χ0v) is 24.4. The van der Waals surface area contributed by atoms with Crippen LogP contribution >= 0.6 is 0 Å². The van der Waals surface area contributed by atoms with Gasteiger partial charge in [-0.25, -0.2) is 8.78 Å². The molecule has 3 saturated carbocycles. The van der Waals surface area contributed by atoms with Gasteiger partial charge in [-0.3, -0.25) is 4.79 Å². The minimum atomic E-state index is -4.86. The normalized spacial score (nSPS) is 28.0. The maximum Gasteiger partial charge on any atom is 0.458 e. The number of hydrogen-bond acceptors (Lipinski definition) is 2. The fourth-order valence-corrected chi connectivity index (χ4v) is 8.02. The van der Waals surface area contributed by atoms with Gasteiger partial charge < -0.3 is 4.74 Å². The molecular formula is C35H41F5O2. The second kappa shape index (κ2) is 13.3. The summed E-state index contributed by atoms with van der Waals surface area (Å²) in [6.07, 6.45) is 12.5. The van der Waals surface area contributed by atoms with E-state index < -0.39 is 23.4 Å². The molecule has 0 aliphatic heterocycles. The van der Waals surface area contributed by atoms with Crippen LogP contribution in [-0.2, 0) is 4.79 Å². The molecule has 228 valence electrons. The van der Waals surface area contributed by atoms with Gasteiger partial charge in [0.2, 0.25) is 0 Å². The van der Waals surface area contributed by atoms with E-state index >= 15 is 0 Å². The van der Waals surface area contributed by atoms with E-state index in [1.165, 1.54) is 88.8 Å². The Morgan fingerprint density at radius 1 is 0.881 bits per heavy atom. The monoisotopic (exact) mass is 588 g/mol. The van der Waals surface area contributed by atoms with E-state index in [1.807, 2.05) is 0 Å². The molecule has 0 heterocycles. The fraction of sp³-hybridized carbons (Fsp3) is 0.629. The van der Waals surface area contributed by atoms with Crippen molar-refractivity contribution < 1.29 is 31.5 Å². The van der Waals surface area contributed by atoms with E-state index in [0.717, 1.165) is 49.0 Å². The Hall–Kier alpha value is -2.62. The van der Waals surface area contributed by atoms with Crippen molar-refractivity contribution in [3.8, 4) is 17.6 Å². The van der Waals surface area contributed by atoms with Crippen LogP contribution in [0.25, 0.3) is 10.8 Å². The van der Waals surface area contributed by atoms with Gasteiger partial charge in [-0.15, -0.1) is 0 Å². The maximum atomic E-state index is 14.8. The van der Waals surface area contributed by atoms with Crippen molar-refractivity contribution in [3.05, 3.63) is 41.5 Å². The van der Waals surface area contributed by atoms with Gasteiger partial charge in [0.25, 0.3) is 0 Å². The third kappa shape index (κ3) is 7.47. The molecule has 3 aliphatic carbocycles. The first-order valence-electron chi connectivity index (χ1n) is 15.8. The highest BCUT2D eigenvalue weighted by Gasteiger charge is 2.40. The number of esters is 1. The SMILES string of the molecule is CCCCCC1CCC(C2CCC3CC(C(=O)Oc4ccc5c(F)c(C#CC(F)(F)F)c(F)cc5c4)CCC3C2)CC1. The van der Waals surface area contributed by atoms with Crippen molar-refractivity contribution >= 4 is 16.7 Å². The van der Waals surface area contributed by atoms with Crippen molar-refractivity contribution in [3.63, 3.8) is 0 Å². The molecule has 0 saturated heterocycles. The number of fused-ring (bicyclic) bond motifs is 2. The van der Waals surface area contributed by atoms with Crippen molar-refractivity contribution in [2.45, 2.75) is 103 Å². The summed E-state index contributed by atoms with van der Waals surface area (Å²) in [4.78, 5) is 13.1. The lowest BCUT2D eigenvalue weighted by Crippen LogP contribution is -2.37. The second-order valence-corrected chi connectivity index (χ2v) is 13.0. The summed E-state index contributed by atoms with van der Waals surface area (Å²) in [7, 11) is 0. The van der Waals surface area contributed by atoms with Crippen LogP contribution in [0, 0.1) is 59.0 Å². The number of hydrogen-bond donors (Lipinski definition) is 0. The van der Waals surface area contributed by atoms with E-state index in [2.05, 4.69) is 6.92 Å². The Bertz CT molecular complexity index is 1310. The Morgan fingerprint density at radius 3 is 2.26 bits per heavy atom. The zero-order valence-electron chi connectivity index (χ0n) is 24.4. The molecule has 0 aromatic heterocycles. The van der Waals surface area contributed by atoms with Crippen LogP contribution in [0.2, 0.25) is 0 Å². The minimum absolute atomic E-state index is 0.0879. The molecule has 5 rings (SSSR count). The molecule has 2 aromatic carbocycles. The Labute approximate surface area is 245 Å². The summed E-state index contributed by atoms with van der Waals surface area (Å²) in [6, 6.07) is 4.92. The highest BCUT2D eigenvalue weighted by Crippen LogP contribution is 2.49. The maximum absolute atomic E-state index is 14.8. The molecule has 0 spiro atoms. The van der Waals surface area contributed by atoms with Crippen LogP contribution < -0.4 is 4.74 Å². The second-order valence-electron chi connectivity index (χ2n) is 13.0. The molecule has 3 aliphatic rings. The van der Waals surface area contributed by atoms with Gasteiger partial charge in [0.1, 0.15) is 17.4 Å². The molecule has 2 nitrogen and oxygen atoms in total. The van der Waals surface area contributed by atoms with Gasteiger partial charge in [-0.05, 0) is 111 Å².